The van der Waals surface area contributed by atoms with Crippen LogP contribution in [0.2, 0.25) is 0 Å². The van der Waals surface area contributed by atoms with Gasteiger partial charge in [-0.25, -0.2) is 0 Å². The predicted molar refractivity (Wildman–Crippen MR) is 55.7 cm³/mol. The molecular formula is C10H17NO4. The van der Waals surface area contributed by atoms with Crippen LogP contribution < -0.4 is 5.32 Å². The van der Waals surface area contributed by atoms with Crippen molar-refractivity contribution in [1.82, 2.24) is 5.32 Å². The number of rotatable bonds is 8. The van der Waals surface area contributed by atoms with Gasteiger partial charge in [-0.1, -0.05) is 13.0 Å². The third-order valence-corrected chi connectivity index (χ3v) is 2.03. The molecule has 0 fully saturated rings. The van der Waals surface area contributed by atoms with Gasteiger partial charge in [0.05, 0.1) is 0 Å². The Labute approximate surface area is 88.8 Å². The van der Waals surface area contributed by atoms with Gasteiger partial charge in [-0.2, -0.15) is 0 Å². The lowest BCUT2D eigenvalue weighted by Crippen LogP contribution is -2.39. The summed E-state index contributed by atoms with van der Waals surface area (Å²) in [6, 6.07) is -0.802. The molecule has 0 aliphatic heterocycles. The largest absolute Gasteiger partial charge is 0.481 e. The first kappa shape index (κ1) is 13.6. The highest BCUT2D eigenvalue weighted by Crippen LogP contribution is 2.00. The Morgan fingerprint density at radius 1 is 1.47 bits per heavy atom. The van der Waals surface area contributed by atoms with E-state index in [4.69, 9.17) is 10.2 Å². The summed E-state index contributed by atoms with van der Waals surface area (Å²) < 4.78 is 0. The molecule has 0 saturated carbocycles. The molecule has 0 aromatic carbocycles. The predicted octanol–water partition coefficient (Wildman–Crippen LogP) is 0.716. The zero-order valence-electron chi connectivity index (χ0n) is 8.77. The minimum Gasteiger partial charge on any atom is -0.481 e. The highest BCUT2D eigenvalue weighted by atomic mass is 16.4. The van der Waals surface area contributed by atoms with E-state index in [1.807, 2.05) is 6.92 Å². The molecule has 0 rings (SSSR count). The van der Waals surface area contributed by atoms with Crippen molar-refractivity contribution >= 4 is 11.9 Å². The molecule has 0 heterocycles. The van der Waals surface area contributed by atoms with E-state index >= 15 is 0 Å². The molecule has 1 unspecified atom stereocenters. The van der Waals surface area contributed by atoms with Crippen LogP contribution in [0.1, 0.15) is 19.8 Å². The monoisotopic (exact) mass is 215 g/mol. The van der Waals surface area contributed by atoms with E-state index in [1.54, 1.807) is 6.08 Å². The van der Waals surface area contributed by atoms with Crippen LogP contribution >= 0.6 is 0 Å². The van der Waals surface area contributed by atoms with Gasteiger partial charge >= 0.3 is 11.9 Å². The maximum Gasteiger partial charge on any atom is 0.320 e. The molecule has 0 radical (unpaired) electrons. The molecular weight excluding hydrogens is 198 g/mol. The molecule has 0 saturated heterocycles. The summed E-state index contributed by atoms with van der Waals surface area (Å²) in [5.41, 5.74) is 0. The van der Waals surface area contributed by atoms with Gasteiger partial charge in [-0.3, -0.25) is 9.59 Å². The molecule has 0 spiro atoms. The van der Waals surface area contributed by atoms with Gasteiger partial charge in [0.25, 0.3) is 0 Å². The van der Waals surface area contributed by atoms with E-state index in [9.17, 15) is 9.59 Å². The lowest BCUT2D eigenvalue weighted by molar-refractivity contribution is -0.140. The van der Waals surface area contributed by atoms with Crippen molar-refractivity contribution in [3.63, 3.8) is 0 Å². The topological polar surface area (TPSA) is 86.6 Å². The Hall–Kier alpha value is -1.36. The molecule has 0 aromatic rings. The molecule has 0 aliphatic rings. The number of hydrogen-bond acceptors (Lipinski definition) is 3. The Morgan fingerprint density at radius 3 is 2.47 bits per heavy atom. The maximum absolute atomic E-state index is 10.7. The number of carbonyl (C=O) groups is 2. The van der Waals surface area contributed by atoms with Gasteiger partial charge in [-0.15, -0.1) is 6.58 Å². The van der Waals surface area contributed by atoms with Crippen molar-refractivity contribution in [3.05, 3.63) is 12.7 Å². The molecule has 0 amide bonds. The highest BCUT2D eigenvalue weighted by molar-refractivity contribution is 5.75. The molecule has 5 heteroatoms. The quantitative estimate of drug-likeness (QED) is 0.519. The van der Waals surface area contributed by atoms with Gasteiger partial charge in [0.15, 0.2) is 0 Å². The van der Waals surface area contributed by atoms with Crippen molar-refractivity contribution < 1.29 is 19.8 Å². The number of carboxylic acids is 2. The van der Waals surface area contributed by atoms with Crippen LogP contribution in [-0.2, 0) is 9.59 Å². The van der Waals surface area contributed by atoms with Crippen LogP contribution in [0.25, 0.3) is 0 Å². The lowest BCUT2D eigenvalue weighted by atomic mass is 10.1. The summed E-state index contributed by atoms with van der Waals surface area (Å²) in [5, 5.41) is 20.0. The summed E-state index contributed by atoms with van der Waals surface area (Å²) in [7, 11) is 0. The number of nitrogens with one attached hydrogen (secondary N) is 1. The molecule has 0 bridgehead atoms. The fourth-order valence-electron chi connectivity index (χ4n) is 0.992. The van der Waals surface area contributed by atoms with Crippen LogP contribution in [0.4, 0.5) is 0 Å². The van der Waals surface area contributed by atoms with E-state index in [2.05, 4.69) is 11.9 Å². The van der Waals surface area contributed by atoms with E-state index in [0.717, 1.165) is 0 Å². The zero-order valence-corrected chi connectivity index (χ0v) is 8.77. The summed E-state index contributed by atoms with van der Waals surface area (Å²) in [6.45, 7) is 5.96. The fraction of sp³-hybridized carbons (Fsp3) is 0.600. The Kier molecular flexibility index (Phi) is 6.37. The van der Waals surface area contributed by atoms with Crippen LogP contribution in [0.3, 0.4) is 0 Å². The minimum absolute atomic E-state index is 0.0918. The summed E-state index contributed by atoms with van der Waals surface area (Å²) in [6.07, 6.45) is 1.66. The van der Waals surface area contributed by atoms with E-state index in [1.165, 1.54) is 0 Å². The summed E-state index contributed by atoms with van der Waals surface area (Å²) >= 11 is 0. The molecule has 0 aliphatic carbocycles. The fourth-order valence-corrected chi connectivity index (χ4v) is 0.992. The Morgan fingerprint density at radius 2 is 2.07 bits per heavy atom. The summed E-state index contributed by atoms with van der Waals surface area (Å²) in [4.78, 5) is 21.0. The van der Waals surface area contributed by atoms with E-state index in [-0.39, 0.29) is 18.8 Å². The summed E-state index contributed by atoms with van der Waals surface area (Å²) in [5.74, 6) is -1.84. The molecule has 15 heavy (non-hydrogen) atoms. The van der Waals surface area contributed by atoms with Crippen molar-refractivity contribution in [1.29, 1.82) is 0 Å². The number of aliphatic carboxylic acids is 2. The minimum atomic E-state index is -1.02. The molecule has 2 atom stereocenters. The van der Waals surface area contributed by atoms with Gasteiger partial charge in [-0.05, 0) is 12.3 Å². The zero-order chi connectivity index (χ0) is 11.8. The Bertz CT molecular complexity index is 240. The molecule has 3 N–H and O–H groups in total. The lowest BCUT2D eigenvalue weighted by Gasteiger charge is -2.15. The van der Waals surface area contributed by atoms with Crippen molar-refractivity contribution in [3.8, 4) is 0 Å². The first-order chi connectivity index (χ1) is 6.97. The molecule has 5 nitrogen and oxygen atoms in total. The first-order valence-electron chi connectivity index (χ1n) is 4.78. The third-order valence-electron chi connectivity index (χ3n) is 2.03. The average molecular weight is 215 g/mol. The molecule has 86 valence electrons. The van der Waals surface area contributed by atoms with Gasteiger partial charge in [0.1, 0.15) is 6.04 Å². The van der Waals surface area contributed by atoms with Crippen molar-refractivity contribution in [2.45, 2.75) is 25.8 Å². The van der Waals surface area contributed by atoms with E-state index in [0.29, 0.717) is 6.54 Å². The van der Waals surface area contributed by atoms with E-state index < -0.39 is 18.0 Å². The number of hydrogen-bond donors (Lipinski definition) is 3. The van der Waals surface area contributed by atoms with Crippen LogP contribution in [0, 0.1) is 5.92 Å². The van der Waals surface area contributed by atoms with Gasteiger partial charge in [0, 0.05) is 13.0 Å². The second-order valence-electron chi connectivity index (χ2n) is 3.44. The van der Waals surface area contributed by atoms with Gasteiger partial charge < -0.3 is 15.5 Å². The average Bonchev–Trinajstić information content (AvgIpc) is 2.16. The first-order valence-corrected chi connectivity index (χ1v) is 4.78. The normalized spacial score (nSPS) is 14.2. The smallest absolute Gasteiger partial charge is 0.320 e. The van der Waals surface area contributed by atoms with Crippen LogP contribution in [0.15, 0.2) is 12.7 Å². The van der Waals surface area contributed by atoms with Crippen LogP contribution in [0.5, 0.6) is 0 Å². The van der Waals surface area contributed by atoms with Crippen LogP contribution in [-0.4, -0.2) is 34.7 Å². The van der Waals surface area contributed by atoms with Gasteiger partial charge in [0.2, 0.25) is 0 Å². The maximum atomic E-state index is 10.7. The number of carboxylic acid groups (broad SMARTS) is 2. The SMILES string of the molecule is C=CC(C)CN[C@@H](CCC(=O)O)C(=O)O. The Balaban J connectivity index is 3.99. The van der Waals surface area contributed by atoms with Crippen molar-refractivity contribution in [2.75, 3.05) is 6.54 Å². The highest BCUT2D eigenvalue weighted by Gasteiger charge is 2.18. The second-order valence-corrected chi connectivity index (χ2v) is 3.44. The second kappa shape index (κ2) is 7.00. The van der Waals surface area contributed by atoms with Crippen molar-refractivity contribution in [2.24, 2.45) is 5.92 Å². The standard InChI is InChI=1S/C10H17NO4/c1-3-7(2)6-11-8(10(14)15)4-5-9(12)13/h3,7-8,11H,1,4-6H2,2H3,(H,12,13)(H,14,15)/t7?,8-/m0/s1. The third kappa shape index (κ3) is 6.68. The molecule has 0 aromatic heterocycles.